The van der Waals surface area contributed by atoms with E-state index in [4.69, 9.17) is 10.00 Å². The number of nitriles is 1. The number of benzene rings is 1. The van der Waals surface area contributed by atoms with Crippen LogP contribution in [0.15, 0.2) is 30.5 Å². The van der Waals surface area contributed by atoms with E-state index in [0.29, 0.717) is 35.1 Å². The number of hydrogen-bond donors (Lipinski definition) is 1. The van der Waals surface area contributed by atoms with Gasteiger partial charge >= 0.3 is 0 Å². The second kappa shape index (κ2) is 5.07. The number of ether oxygens (including phenoxy) is 1. The van der Waals surface area contributed by atoms with E-state index in [1.54, 1.807) is 18.2 Å². The summed E-state index contributed by atoms with van der Waals surface area (Å²) >= 11 is 0. The van der Waals surface area contributed by atoms with Gasteiger partial charge in [-0.2, -0.15) is 5.26 Å². The van der Waals surface area contributed by atoms with E-state index >= 15 is 0 Å². The maximum Gasteiger partial charge on any atom is 0.227 e. The highest BCUT2D eigenvalue weighted by Gasteiger charge is 2.19. The molecule has 6 nitrogen and oxygen atoms in total. The minimum Gasteiger partial charge on any atom is -0.367 e. The number of hydrogen-bond acceptors (Lipinski definition) is 6. The molecule has 0 saturated carbocycles. The lowest BCUT2D eigenvalue weighted by atomic mass is 10.1. The van der Waals surface area contributed by atoms with Crippen LogP contribution in [0.4, 0.5) is 11.6 Å². The van der Waals surface area contributed by atoms with Gasteiger partial charge in [0.15, 0.2) is 5.78 Å². The average Bonchev–Trinajstić information content (AvgIpc) is 2.47. The number of nitrogens with zero attached hydrogens (tertiary/aromatic N) is 3. The number of nitrogens with one attached hydrogen (secondary N) is 1. The smallest absolute Gasteiger partial charge is 0.227 e. The molecule has 1 aromatic carbocycles. The number of Topliss-reactive ketones (excluding diaryl/α,β-unsaturated/α-hetero) is 1. The first-order valence-electron chi connectivity index (χ1n) is 6.00. The first kappa shape index (κ1) is 12.3. The Hall–Kier alpha value is -2.78. The van der Waals surface area contributed by atoms with Crippen molar-refractivity contribution in [2.24, 2.45) is 0 Å². The summed E-state index contributed by atoms with van der Waals surface area (Å²) in [6.07, 6.45) is 1.50. The van der Waals surface area contributed by atoms with Gasteiger partial charge < -0.3 is 10.1 Å². The zero-order valence-electron chi connectivity index (χ0n) is 10.5. The fourth-order valence-electron chi connectivity index (χ4n) is 1.93. The second-order valence-corrected chi connectivity index (χ2v) is 4.29. The summed E-state index contributed by atoms with van der Waals surface area (Å²) in [5.41, 5.74) is 2.35. The molecule has 0 amide bonds. The summed E-state index contributed by atoms with van der Waals surface area (Å²) in [5.74, 6) is 0.265. The molecule has 2 heterocycles. The number of aromatic nitrogens is 2. The number of anilines is 2. The molecule has 0 fully saturated rings. The summed E-state index contributed by atoms with van der Waals surface area (Å²) in [6.45, 7) is 0.379. The van der Waals surface area contributed by atoms with Crippen LogP contribution in [0.2, 0.25) is 0 Å². The lowest BCUT2D eigenvalue weighted by Crippen LogP contribution is -2.20. The van der Waals surface area contributed by atoms with Crippen molar-refractivity contribution in [3.63, 3.8) is 0 Å². The minimum absolute atomic E-state index is 0.0767. The molecular formula is C14H10N4O2. The molecule has 1 aliphatic rings. The summed E-state index contributed by atoms with van der Waals surface area (Å²) in [6, 6.07) is 9.06. The van der Waals surface area contributed by atoms with Crippen molar-refractivity contribution < 1.29 is 9.53 Å². The number of fused-ring (bicyclic) bond motifs is 1. The van der Waals surface area contributed by atoms with Crippen molar-refractivity contribution in [1.82, 2.24) is 9.97 Å². The Labute approximate surface area is 115 Å². The molecule has 98 valence electrons. The Morgan fingerprint density at radius 2 is 2.25 bits per heavy atom. The van der Waals surface area contributed by atoms with Crippen LogP contribution in [0, 0.1) is 11.3 Å². The predicted molar refractivity (Wildman–Crippen MR) is 70.5 cm³/mol. The molecule has 0 saturated heterocycles. The monoisotopic (exact) mass is 266 g/mol. The van der Waals surface area contributed by atoms with Crippen LogP contribution in [0.5, 0.6) is 0 Å². The van der Waals surface area contributed by atoms with Crippen LogP contribution in [-0.2, 0) is 11.3 Å². The van der Waals surface area contributed by atoms with E-state index in [1.807, 2.05) is 6.07 Å². The van der Waals surface area contributed by atoms with Crippen LogP contribution in [0.3, 0.4) is 0 Å². The van der Waals surface area contributed by atoms with Gasteiger partial charge in [0.05, 0.1) is 29.5 Å². The molecule has 0 spiro atoms. The van der Waals surface area contributed by atoms with Crippen molar-refractivity contribution >= 4 is 17.4 Å². The zero-order valence-corrected chi connectivity index (χ0v) is 10.5. The highest BCUT2D eigenvalue weighted by Crippen LogP contribution is 2.18. The quantitative estimate of drug-likeness (QED) is 0.891. The molecule has 0 bridgehead atoms. The van der Waals surface area contributed by atoms with Gasteiger partial charge in [-0.05, 0) is 18.2 Å². The topological polar surface area (TPSA) is 87.9 Å². The fraction of sp³-hybridized carbons (Fsp3) is 0.143. The maximum atomic E-state index is 11.6. The van der Waals surface area contributed by atoms with Gasteiger partial charge in [-0.3, -0.25) is 4.79 Å². The zero-order chi connectivity index (χ0) is 13.9. The molecule has 2 aromatic rings. The van der Waals surface area contributed by atoms with E-state index in [0.717, 1.165) is 0 Å². The van der Waals surface area contributed by atoms with E-state index < -0.39 is 0 Å². The van der Waals surface area contributed by atoms with Crippen LogP contribution in [0.25, 0.3) is 0 Å². The molecule has 20 heavy (non-hydrogen) atoms. The Bertz CT molecular complexity index is 721. The first-order valence-corrected chi connectivity index (χ1v) is 6.00. The lowest BCUT2D eigenvalue weighted by Gasteiger charge is -2.15. The molecule has 0 aliphatic carbocycles. The summed E-state index contributed by atoms with van der Waals surface area (Å²) < 4.78 is 5.14. The molecule has 1 aliphatic heterocycles. The van der Waals surface area contributed by atoms with Gasteiger partial charge in [-0.15, -0.1) is 0 Å². The van der Waals surface area contributed by atoms with Gasteiger partial charge in [0, 0.05) is 11.9 Å². The summed E-state index contributed by atoms with van der Waals surface area (Å²) in [5, 5.41) is 11.9. The van der Waals surface area contributed by atoms with Crippen LogP contribution in [-0.4, -0.2) is 22.4 Å². The largest absolute Gasteiger partial charge is 0.367 e. The van der Waals surface area contributed by atoms with Gasteiger partial charge in [-0.25, -0.2) is 9.97 Å². The van der Waals surface area contributed by atoms with Crippen molar-refractivity contribution in [3.8, 4) is 6.07 Å². The third-order valence-electron chi connectivity index (χ3n) is 2.89. The highest BCUT2D eigenvalue weighted by atomic mass is 16.5. The Balaban J connectivity index is 1.88. The molecule has 1 N–H and O–H groups in total. The Morgan fingerprint density at radius 3 is 3.10 bits per heavy atom. The maximum absolute atomic E-state index is 11.6. The van der Waals surface area contributed by atoms with Gasteiger partial charge in [0.25, 0.3) is 0 Å². The van der Waals surface area contributed by atoms with E-state index in [2.05, 4.69) is 21.4 Å². The standard InChI is InChI=1S/C14H10N4O2/c15-5-9-2-1-3-10(4-9)17-14-16-6-11-12(18-14)7-20-8-13(11)19/h1-4,6H,7-8H2,(H,16,17,18). The SMILES string of the molecule is N#Cc1cccc(Nc2ncc3c(n2)COCC3=O)c1. The van der Waals surface area contributed by atoms with E-state index in [-0.39, 0.29) is 12.4 Å². The Kier molecular flexibility index (Phi) is 3.11. The number of carbonyl (C=O) groups is 1. The molecular weight excluding hydrogens is 256 g/mol. The normalized spacial score (nSPS) is 13.4. The Morgan fingerprint density at radius 1 is 1.35 bits per heavy atom. The molecule has 0 radical (unpaired) electrons. The fourth-order valence-corrected chi connectivity index (χ4v) is 1.93. The van der Waals surface area contributed by atoms with Gasteiger partial charge in [0.2, 0.25) is 5.95 Å². The molecule has 3 rings (SSSR count). The molecule has 6 heteroatoms. The minimum atomic E-state index is -0.107. The number of carbonyl (C=O) groups excluding carboxylic acids is 1. The third-order valence-corrected chi connectivity index (χ3v) is 2.89. The summed E-state index contributed by atoms with van der Waals surface area (Å²) in [7, 11) is 0. The average molecular weight is 266 g/mol. The van der Waals surface area contributed by atoms with Crippen LogP contribution < -0.4 is 5.32 Å². The number of ketones is 1. The van der Waals surface area contributed by atoms with Crippen molar-refractivity contribution in [1.29, 1.82) is 5.26 Å². The third kappa shape index (κ3) is 2.35. The van der Waals surface area contributed by atoms with Crippen molar-refractivity contribution in [2.75, 3.05) is 11.9 Å². The second-order valence-electron chi connectivity index (χ2n) is 4.29. The van der Waals surface area contributed by atoms with Gasteiger partial charge in [-0.1, -0.05) is 6.07 Å². The highest BCUT2D eigenvalue weighted by molar-refractivity contribution is 5.98. The summed E-state index contributed by atoms with van der Waals surface area (Å²) in [4.78, 5) is 20.0. The van der Waals surface area contributed by atoms with Crippen molar-refractivity contribution in [2.45, 2.75) is 6.61 Å². The first-order chi connectivity index (χ1) is 9.76. The molecule has 0 unspecified atom stereocenters. The van der Waals surface area contributed by atoms with Crippen LogP contribution in [0.1, 0.15) is 21.6 Å². The predicted octanol–water partition coefficient (Wildman–Crippen LogP) is 1.80. The molecule has 0 atom stereocenters. The van der Waals surface area contributed by atoms with E-state index in [9.17, 15) is 4.79 Å². The van der Waals surface area contributed by atoms with E-state index in [1.165, 1.54) is 6.20 Å². The van der Waals surface area contributed by atoms with Crippen LogP contribution >= 0.6 is 0 Å². The number of rotatable bonds is 2. The lowest BCUT2D eigenvalue weighted by molar-refractivity contribution is 0.0654. The van der Waals surface area contributed by atoms with Crippen molar-refractivity contribution in [3.05, 3.63) is 47.3 Å². The van der Waals surface area contributed by atoms with Gasteiger partial charge in [0.1, 0.15) is 6.61 Å². The molecule has 1 aromatic heterocycles.